The molecule has 2 aromatic rings. The van der Waals surface area contributed by atoms with Gasteiger partial charge in [0, 0.05) is 18.7 Å². The third-order valence-electron chi connectivity index (χ3n) is 3.75. The Labute approximate surface area is 130 Å². The monoisotopic (exact) mass is 299 g/mol. The number of nitrogens with one attached hydrogen (secondary N) is 1. The molecule has 116 valence electrons. The van der Waals surface area contributed by atoms with E-state index >= 15 is 0 Å². The van der Waals surface area contributed by atoms with Crippen LogP contribution in [0.25, 0.3) is 0 Å². The summed E-state index contributed by atoms with van der Waals surface area (Å²) in [5.41, 5.74) is 3.17. The van der Waals surface area contributed by atoms with Crippen LogP contribution in [0.5, 0.6) is 5.75 Å². The zero-order valence-electron chi connectivity index (χ0n) is 12.5. The minimum atomic E-state index is 0.0845. The molecule has 3 rings (SSSR count). The number of anilines is 1. The summed E-state index contributed by atoms with van der Waals surface area (Å²) in [5, 5.41) is 12.4. The van der Waals surface area contributed by atoms with Crippen LogP contribution in [0.1, 0.15) is 17.5 Å². The Kier molecular flexibility index (Phi) is 4.93. The van der Waals surface area contributed by atoms with Gasteiger partial charge < -0.3 is 19.9 Å². The molecule has 0 bridgehead atoms. The second kappa shape index (κ2) is 7.29. The normalized spacial score (nSPS) is 17.4. The first-order chi connectivity index (χ1) is 10.8. The summed E-state index contributed by atoms with van der Waals surface area (Å²) < 4.78 is 11.1. The first kappa shape index (κ1) is 14.9. The molecule has 1 aliphatic rings. The first-order valence-electron chi connectivity index (χ1n) is 7.60. The zero-order valence-corrected chi connectivity index (χ0v) is 12.5. The molecule has 1 aliphatic heterocycles. The van der Waals surface area contributed by atoms with Gasteiger partial charge >= 0.3 is 0 Å². The molecule has 1 unspecified atom stereocenters. The van der Waals surface area contributed by atoms with E-state index in [0.717, 1.165) is 36.6 Å². The fourth-order valence-corrected chi connectivity index (χ4v) is 2.42. The van der Waals surface area contributed by atoms with Crippen molar-refractivity contribution in [1.29, 1.82) is 0 Å². The second-order valence-electron chi connectivity index (χ2n) is 5.46. The van der Waals surface area contributed by atoms with Crippen LogP contribution in [0.2, 0.25) is 0 Å². The molecule has 2 aromatic carbocycles. The summed E-state index contributed by atoms with van der Waals surface area (Å²) >= 11 is 0. The number of aliphatic hydroxyl groups excluding tert-OH is 1. The summed E-state index contributed by atoms with van der Waals surface area (Å²) in [6.07, 6.45) is 1.15. The van der Waals surface area contributed by atoms with E-state index in [0.29, 0.717) is 6.61 Å². The molecule has 22 heavy (non-hydrogen) atoms. The lowest BCUT2D eigenvalue weighted by atomic mass is 10.1. The smallest absolute Gasteiger partial charge is 0.124 e. The van der Waals surface area contributed by atoms with Crippen molar-refractivity contribution in [3.05, 3.63) is 59.7 Å². The van der Waals surface area contributed by atoms with Crippen LogP contribution in [-0.4, -0.2) is 24.4 Å². The molecule has 0 saturated carbocycles. The van der Waals surface area contributed by atoms with Crippen LogP contribution in [0, 0.1) is 0 Å². The van der Waals surface area contributed by atoms with Gasteiger partial charge in [-0.1, -0.05) is 24.3 Å². The maximum atomic E-state index is 9.03. The fraction of sp³-hybridized carbons (Fsp3) is 0.333. The Bertz CT molecular complexity index is 574. The third-order valence-corrected chi connectivity index (χ3v) is 3.75. The van der Waals surface area contributed by atoms with E-state index < -0.39 is 0 Å². The second-order valence-corrected chi connectivity index (χ2v) is 5.46. The molecule has 4 nitrogen and oxygen atoms in total. The number of rotatable bonds is 6. The standard InChI is InChI=1S/C18H21NO3/c20-12-15-3-1-14(2-4-15)11-19-16-5-7-17(8-6-16)22-18-9-10-21-13-18/h1-8,18-20H,9-13H2. The van der Waals surface area contributed by atoms with Crippen LogP contribution in [0.15, 0.2) is 48.5 Å². The van der Waals surface area contributed by atoms with Crippen molar-refractivity contribution >= 4 is 5.69 Å². The van der Waals surface area contributed by atoms with E-state index in [1.54, 1.807) is 0 Å². The highest BCUT2D eigenvalue weighted by Crippen LogP contribution is 2.20. The van der Waals surface area contributed by atoms with Gasteiger partial charge in [-0.15, -0.1) is 0 Å². The zero-order chi connectivity index (χ0) is 15.2. The number of ether oxygens (including phenoxy) is 2. The molecular formula is C18H21NO3. The topological polar surface area (TPSA) is 50.7 Å². The van der Waals surface area contributed by atoms with Crippen molar-refractivity contribution in [1.82, 2.24) is 0 Å². The fourth-order valence-electron chi connectivity index (χ4n) is 2.42. The molecule has 4 heteroatoms. The van der Waals surface area contributed by atoms with Gasteiger partial charge in [0.2, 0.25) is 0 Å². The Morgan fingerprint density at radius 3 is 2.41 bits per heavy atom. The summed E-state index contributed by atoms with van der Waals surface area (Å²) in [7, 11) is 0. The molecule has 1 heterocycles. The Morgan fingerprint density at radius 1 is 1.05 bits per heavy atom. The summed E-state index contributed by atoms with van der Waals surface area (Å²) in [6.45, 7) is 2.31. The average Bonchev–Trinajstić information content (AvgIpc) is 3.08. The Hall–Kier alpha value is -2.04. The van der Waals surface area contributed by atoms with E-state index in [-0.39, 0.29) is 12.7 Å². The van der Waals surface area contributed by atoms with Gasteiger partial charge in [0.1, 0.15) is 11.9 Å². The van der Waals surface area contributed by atoms with Gasteiger partial charge in [-0.25, -0.2) is 0 Å². The van der Waals surface area contributed by atoms with Gasteiger partial charge in [-0.3, -0.25) is 0 Å². The SMILES string of the molecule is OCc1ccc(CNc2ccc(OC3CCOC3)cc2)cc1. The summed E-state index contributed by atoms with van der Waals surface area (Å²) in [5.74, 6) is 0.883. The van der Waals surface area contributed by atoms with Gasteiger partial charge in [0.25, 0.3) is 0 Å². The molecule has 0 amide bonds. The van der Waals surface area contributed by atoms with E-state index in [4.69, 9.17) is 14.6 Å². The van der Waals surface area contributed by atoms with Crippen molar-refractivity contribution in [2.75, 3.05) is 18.5 Å². The molecular weight excluding hydrogens is 278 g/mol. The molecule has 0 radical (unpaired) electrons. The molecule has 0 aromatic heterocycles. The van der Waals surface area contributed by atoms with Crippen LogP contribution in [0.3, 0.4) is 0 Å². The first-order valence-corrected chi connectivity index (χ1v) is 7.60. The summed E-state index contributed by atoms with van der Waals surface area (Å²) in [4.78, 5) is 0. The highest BCUT2D eigenvalue weighted by Gasteiger charge is 2.16. The average molecular weight is 299 g/mol. The summed E-state index contributed by atoms with van der Waals surface area (Å²) in [6, 6.07) is 15.9. The lowest BCUT2D eigenvalue weighted by Crippen LogP contribution is -2.15. The van der Waals surface area contributed by atoms with Gasteiger partial charge in [0.15, 0.2) is 0 Å². The van der Waals surface area contributed by atoms with Crippen LogP contribution < -0.4 is 10.1 Å². The van der Waals surface area contributed by atoms with Crippen LogP contribution >= 0.6 is 0 Å². The van der Waals surface area contributed by atoms with Crippen molar-refractivity contribution in [3.8, 4) is 5.75 Å². The van der Waals surface area contributed by atoms with Crippen LogP contribution in [-0.2, 0) is 17.9 Å². The minimum Gasteiger partial charge on any atom is -0.488 e. The maximum Gasteiger partial charge on any atom is 0.124 e. The molecule has 1 saturated heterocycles. The number of hydrogen-bond acceptors (Lipinski definition) is 4. The Balaban J connectivity index is 1.51. The van der Waals surface area contributed by atoms with Gasteiger partial charge in [-0.05, 0) is 35.4 Å². The molecule has 0 spiro atoms. The van der Waals surface area contributed by atoms with E-state index in [1.165, 1.54) is 5.56 Å². The van der Waals surface area contributed by atoms with Crippen LogP contribution in [0.4, 0.5) is 5.69 Å². The molecule has 1 fully saturated rings. The van der Waals surface area contributed by atoms with Crippen molar-refractivity contribution in [2.45, 2.75) is 25.7 Å². The van der Waals surface area contributed by atoms with Crippen molar-refractivity contribution in [2.24, 2.45) is 0 Å². The Morgan fingerprint density at radius 2 is 1.77 bits per heavy atom. The number of aliphatic hydroxyl groups is 1. The van der Waals surface area contributed by atoms with E-state index in [9.17, 15) is 0 Å². The largest absolute Gasteiger partial charge is 0.488 e. The van der Waals surface area contributed by atoms with E-state index in [2.05, 4.69) is 5.32 Å². The predicted molar refractivity (Wildman–Crippen MR) is 86.0 cm³/mol. The maximum absolute atomic E-state index is 9.03. The highest BCUT2D eigenvalue weighted by atomic mass is 16.5. The van der Waals surface area contributed by atoms with Gasteiger partial charge in [-0.2, -0.15) is 0 Å². The van der Waals surface area contributed by atoms with E-state index in [1.807, 2.05) is 48.5 Å². The lowest BCUT2D eigenvalue weighted by Gasteiger charge is -2.12. The number of hydrogen-bond donors (Lipinski definition) is 2. The minimum absolute atomic E-state index is 0.0845. The number of benzene rings is 2. The lowest BCUT2D eigenvalue weighted by molar-refractivity contribution is 0.141. The van der Waals surface area contributed by atoms with Crippen molar-refractivity contribution < 1.29 is 14.6 Å². The predicted octanol–water partition coefficient (Wildman–Crippen LogP) is 2.96. The van der Waals surface area contributed by atoms with Gasteiger partial charge in [0.05, 0.1) is 19.8 Å². The quantitative estimate of drug-likeness (QED) is 0.861. The highest BCUT2D eigenvalue weighted by molar-refractivity contribution is 5.47. The molecule has 2 N–H and O–H groups in total. The van der Waals surface area contributed by atoms with Crippen molar-refractivity contribution in [3.63, 3.8) is 0 Å². The molecule has 1 atom stereocenters. The third kappa shape index (κ3) is 4.00. The molecule has 0 aliphatic carbocycles.